The minimum absolute atomic E-state index is 0.0797. The highest BCUT2D eigenvalue weighted by atomic mass is 19.1. The number of ether oxygens (including phenoxy) is 1. The molecule has 2 aliphatic heterocycles. The molecule has 1 aromatic carbocycles. The third kappa shape index (κ3) is 4.30. The molecule has 0 bridgehead atoms. The second-order valence-corrected chi connectivity index (χ2v) is 12.0. The van der Waals surface area contributed by atoms with Crippen LogP contribution in [0.1, 0.15) is 49.9 Å². The van der Waals surface area contributed by atoms with Crippen LogP contribution in [0.3, 0.4) is 0 Å². The van der Waals surface area contributed by atoms with Crippen molar-refractivity contribution in [2.45, 2.75) is 64.7 Å². The fraction of sp³-hybridized carbons (Fsp3) is 0.516. The first-order valence-electron chi connectivity index (χ1n) is 14.7. The van der Waals surface area contributed by atoms with Crippen LogP contribution in [-0.4, -0.2) is 61.8 Å². The summed E-state index contributed by atoms with van der Waals surface area (Å²) in [6, 6.07) is 9.09. The largest absolute Gasteiger partial charge is 0.381 e. The Morgan fingerprint density at radius 3 is 2.70 bits per heavy atom. The van der Waals surface area contributed by atoms with Crippen LogP contribution in [0.2, 0.25) is 0 Å². The van der Waals surface area contributed by atoms with E-state index in [2.05, 4.69) is 23.6 Å². The van der Waals surface area contributed by atoms with E-state index in [4.69, 9.17) is 20.4 Å². The minimum atomic E-state index is -0.426. The molecule has 5 heterocycles. The molecule has 7 rings (SSSR count). The molecule has 1 saturated carbocycles. The van der Waals surface area contributed by atoms with Gasteiger partial charge in [-0.05, 0) is 68.4 Å². The Morgan fingerprint density at radius 2 is 1.98 bits per heavy atom. The Morgan fingerprint density at radius 1 is 1.15 bits per heavy atom. The van der Waals surface area contributed by atoms with Gasteiger partial charge >= 0.3 is 0 Å². The number of pyridine rings is 1. The summed E-state index contributed by atoms with van der Waals surface area (Å²) in [5.74, 6) is 1.24. The number of benzene rings is 1. The molecule has 4 atom stereocenters. The van der Waals surface area contributed by atoms with Gasteiger partial charge in [0.2, 0.25) is 0 Å². The van der Waals surface area contributed by atoms with E-state index >= 15 is 4.39 Å². The molecule has 3 fully saturated rings. The molecule has 8 nitrogen and oxygen atoms in total. The second-order valence-electron chi connectivity index (χ2n) is 12.0. The summed E-state index contributed by atoms with van der Waals surface area (Å²) in [6.45, 7) is 7.50. The predicted molar refractivity (Wildman–Crippen MR) is 152 cm³/mol. The van der Waals surface area contributed by atoms with Crippen LogP contribution in [0.4, 0.5) is 4.39 Å². The fourth-order valence-electron chi connectivity index (χ4n) is 6.69. The number of imidazole rings is 1. The van der Waals surface area contributed by atoms with Crippen LogP contribution in [0.5, 0.6) is 0 Å². The number of hydrogen-bond donors (Lipinski definition) is 1. The highest BCUT2D eigenvalue weighted by Crippen LogP contribution is 2.37. The molecule has 3 aromatic heterocycles. The molecule has 210 valence electrons. The summed E-state index contributed by atoms with van der Waals surface area (Å²) in [7, 11) is 0. The quantitative estimate of drug-likeness (QED) is 0.360. The minimum Gasteiger partial charge on any atom is -0.381 e. The maximum Gasteiger partial charge on any atom is 0.254 e. The number of carbonyl (C=O) groups excluding carboxylic acids is 1. The van der Waals surface area contributed by atoms with E-state index in [0.29, 0.717) is 54.6 Å². The van der Waals surface area contributed by atoms with Gasteiger partial charge in [-0.1, -0.05) is 13.3 Å². The zero-order valence-corrected chi connectivity index (χ0v) is 23.2. The van der Waals surface area contributed by atoms with Gasteiger partial charge in [0.05, 0.1) is 17.8 Å². The molecule has 0 spiro atoms. The van der Waals surface area contributed by atoms with Crippen molar-refractivity contribution in [3.63, 3.8) is 0 Å². The third-order valence-corrected chi connectivity index (χ3v) is 9.34. The van der Waals surface area contributed by atoms with Gasteiger partial charge in [0.1, 0.15) is 17.0 Å². The molecule has 3 aliphatic rings. The van der Waals surface area contributed by atoms with Gasteiger partial charge in [-0.15, -0.1) is 0 Å². The standard InChI is InChI=1S/C31H37FN6O2/c1-3-21-16-36(18(2)27(21)33)31(39)23-11-24(32)28-25(12-23)35-30(38(28)15-20-8-10-40-17-20)26-13-22-5-4-9-34-29(22)37(26)14-19-6-7-19/h4-5,9,11-13,18-21,27H,3,6-8,10,14-17,33H2,1-2H3/t18?,20-,21?,27?/m1/s1. The number of amides is 1. The number of nitrogens with zero attached hydrogens (tertiary/aromatic N) is 5. The molecule has 4 aromatic rings. The van der Waals surface area contributed by atoms with Crippen molar-refractivity contribution >= 4 is 28.0 Å². The zero-order chi connectivity index (χ0) is 27.5. The fourth-order valence-corrected chi connectivity index (χ4v) is 6.69. The molecule has 9 heteroatoms. The van der Waals surface area contributed by atoms with Crippen molar-refractivity contribution in [3.8, 4) is 11.5 Å². The molecule has 3 unspecified atom stereocenters. The summed E-state index contributed by atoms with van der Waals surface area (Å²) in [5, 5.41) is 1.04. The second kappa shape index (κ2) is 9.96. The van der Waals surface area contributed by atoms with Crippen molar-refractivity contribution in [3.05, 3.63) is 47.9 Å². The Bertz CT molecular complexity index is 1580. The van der Waals surface area contributed by atoms with Crippen LogP contribution in [0.25, 0.3) is 33.6 Å². The summed E-state index contributed by atoms with van der Waals surface area (Å²) in [5.41, 5.74) is 9.53. The van der Waals surface area contributed by atoms with Gasteiger partial charge in [0, 0.05) is 61.4 Å². The normalized spacial score (nSPS) is 25.1. The van der Waals surface area contributed by atoms with Crippen molar-refractivity contribution in [2.24, 2.45) is 23.5 Å². The molecule has 2 N–H and O–H groups in total. The topological polar surface area (TPSA) is 91.2 Å². The number of nitrogens with two attached hydrogens (primary N) is 1. The molecular weight excluding hydrogens is 507 g/mol. The average Bonchev–Trinajstić information content (AvgIpc) is 3.25. The maximum atomic E-state index is 16.1. The Balaban J connectivity index is 1.36. The Labute approximate surface area is 233 Å². The molecular formula is C31H37FN6O2. The van der Waals surface area contributed by atoms with Crippen LogP contribution in [-0.2, 0) is 17.8 Å². The van der Waals surface area contributed by atoms with Gasteiger partial charge in [0.15, 0.2) is 5.82 Å². The van der Waals surface area contributed by atoms with E-state index < -0.39 is 5.82 Å². The summed E-state index contributed by atoms with van der Waals surface area (Å²) in [6.07, 6.45) is 6.07. The van der Waals surface area contributed by atoms with Gasteiger partial charge < -0.3 is 24.5 Å². The first-order chi connectivity index (χ1) is 19.4. The zero-order valence-electron chi connectivity index (χ0n) is 23.2. The number of hydrogen-bond acceptors (Lipinski definition) is 5. The lowest BCUT2D eigenvalue weighted by atomic mass is 9.98. The molecule has 40 heavy (non-hydrogen) atoms. The average molecular weight is 545 g/mol. The molecule has 0 radical (unpaired) electrons. The Hall–Kier alpha value is -3.30. The van der Waals surface area contributed by atoms with Crippen LogP contribution >= 0.6 is 0 Å². The lowest BCUT2D eigenvalue weighted by Crippen LogP contribution is -2.41. The molecule has 2 saturated heterocycles. The first-order valence-corrected chi connectivity index (χ1v) is 14.7. The number of aromatic nitrogens is 4. The van der Waals surface area contributed by atoms with Gasteiger partial charge in [-0.25, -0.2) is 14.4 Å². The van der Waals surface area contributed by atoms with Crippen LogP contribution in [0.15, 0.2) is 36.5 Å². The Kier molecular flexibility index (Phi) is 6.39. The van der Waals surface area contributed by atoms with Gasteiger partial charge in [-0.2, -0.15) is 0 Å². The van der Waals surface area contributed by atoms with E-state index in [1.54, 1.807) is 11.0 Å². The van der Waals surface area contributed by atoms with Crippen molar-refractivity contribution in [1.82, 2.24) is 24.0 Å². The van der Waals surface area contributed by atoms with Gasteiger partial charge in [-0.3, -0.25) is 4.79 Å². The van der Waals surface area contributed by atoms with Crippen molar-refractivity contribution in [2.75, 3.05) is 19.8 Å². The highest BCUT2D eigenvalue weighted by Gasteiger charge is 2.39. The lowest BCUT2D eigenvalue weighted by Gasteiger charge is -2.23. The van der Waals surface area contributed by atoms with E-state index in [9.17, 15) is 4.79 Å². The number of rotatable bonds is 7. The van der Waals surface area contributed by atoms with Crippen molar-refractivity contribution < 1.29 is 13.9 Å². The summed E-state index contributed by atoms with van der Waals surface area (Å²) < 4.78 is 26.0. The number of likely N-dealkylation sites (tertiary alicyclic amines) is 1. The predicted octanol–water partition coefficient (Wildman–Crippen LogP) is 4.84. The number of carbonyl (C=O) groups is 1. The summed E-state index contributed by atoms with van der Waals surface area (Å²) in [4.78, 5) is 25.2. The van der Waals surface area contributed by atoms with E-state index in [1.165, 1.54) is 18.9 Å². The van der Waals surface area contributed by atoms with Crippen molar-refractivity contribution in [1.29, 1.82) is 0 Å². The van der Waals surface area contributed by atoms with E-state index in [-0.39, 0.29) is 29.8 Å². The highest BCUT2D eigenvalue weighted by molar-refractivity contribution is 5.98. The van der Waals surface area contributed by atoms with E-state index in [0.717, 1.165) is 36.1 Å². The monoisotopic (exact) mass is 544 g/mol. The molecule has 1 aliphatic carbocycles. The lowest BCUT2D eigenvalue weighted by molar-refractivity contribution is 0.0739. The van der Waals surface area contributed by atoms with Gasteiger partial charge in [0.25, 0.3) is 5.91 Å². The molecule has 1 amide bonds. The third-order valence-electron chi connectivity index (χ3n) is 9.34. The maximum absolute atomic E-state index is 16.1. The SMILES string of the molecule is CCC1CN(C(=O)c2cc(F)c3c(c2)nc(-c2cc4cccnc4n2CC2CC2)n3C[C@H]2CCOC2)C(C)C1N. The summed E-state index contributed by atoms with van der Waals surface area (Å²) >= 11 is 0. The number of fused-ring (bicyclic) bond motifs is 2. The van der Waals surface area contributed by atoms with Crippen LogP contribution in [0, 0.1) is 23.6 Å². The van der Waals surface area contributed by atoms with E-state index in [1.807, 2.05) is 23.8 Å². The smallest absolute Gasteiger partial charge is 0.254 e. The first kappa shape index (κ1) is 25.7. The number of halogens is 1. The van der Waals surface area contributed by atoms with Crippen LogP contribution < -0.4 is 5.73 Å².